The first kappa shape index (κ1) is 11.3. The average molecular weight is 214 g/mol. The summed E-state index contributed by atoms with van der Waals surface area (Å²) in [5.41, 5.74) is 6.37. The highest BCUT2D eigenvalue weighted by atomic mass is 35.5. The van der Waals surface area contributed by atoms with Gasteiger partial charge in [0.25, 0.3) is 0 Å². The first-order chi connectivity index (χ1) is 6.74. The zero-order valence-corrected chi connectivity index (χ0v) is 9.09. The van der Waals surface area contributed by atoms with Crippen LogP contribution in [0.5, 0.6) is 0 Å². The SMILES string of the molecule is CC(CCCN)Nc1ccncc1Cl. The summed E-state index contributed by atoms with van der Waals surface area (Å²) in [5.74, 6) is 0. The Kier molecular flexibility index (Phi) is 4.70. The Morgan fingerprint density at radius 2 is 2.43 bits per heavy atom. The van der Waals surface area contributed by atoms with Crippen molar-refractivity contribution < 1.29 is 0 Å². The first-order valence-corrected chi connectivity index (χ1v) is 5.18. The summed E-state index contributed by atoms with van der Waals surface area (Å²) < 4.78 is 0. The zero-order chi connectivity index (χ0) is 10.4. The van der Waals surface area contributed by atoms with E-state index >= 15 is 0 Å². The number of aromatic nitrogens is 1. The van der Waals surface area contributed by atoms with Crippen molar-refractivity contribution in [2.75, 3.05) is 11.9 Å². The van der Waals surface area contributed by atoms with Crippen molar-refractivity contribution in [2.45, 2.75) is 25.8 Å². The molecule has 1 rings (SSSR count). The summed E-state index contributed by atoms with van der Waals surface area (Å²) in [6, 6.07) is 2.26. The maximum atomic E-state index is 5.95. The normalized spacial score (nSPS) is 12.5. The van der Waals surface area contributed by atoms with Crippen LogP contribution in [0, 0.1) is 0 Å². The number of hydrogen-bond donors (Lipinski definition) is 2. The third-order valence-electron chi connectivity index (χ3n) is 2.02. The highest BCUT2D eigenvalue weighted by Crippen LogP contribution is 2.20. The van der Waals surface area contributed by atoms with E-state index < -0.39 is 0 Å². The Bertz CT molecular complexity index is 278. The number of nitrogens with one attached hydrogen (secondary N) is 1. The first-order valence-electron chi connectivity index (χ1n) is 4.80. The monoisotopic (exact) mass is 213 g/mol. The van der Waals surface area contributed by atoms with E-state index in [4.69, 9.17) is 17.3 Å². The van der Waals surface area contributed by atoms with Gasteiger partial charge in [0.05, 0.1) is 10.7 Å². The van der Waals surface area contributed by atoms with Crippen LogP contribution in [0.25, 0.3) is 0 Å². The molecule has 1 unspecified atom stereocenters. The Labute approximate surface area is 89.7 Å². The third kappa shape index (κ3) is 3.52. The average Bonchev–Trinajstić information content (AvgIpc) is 2.18. The maximum Gasteiger partial charge on any atom is 0.0820 e. The van der Waals surface area contributed by atoms with Gasteiger partial charge in [-0.1, -0.05) is 11.6 Å². The van der Waals surface area contributed by atoms with Crippen molar-refractivity contribution >= 4 is 17.3 Å². The topological polar surface area (TPSA) is 50.9 Å². The molecule has 0 aliphatic carbocycles. The molecule has 0 saturated heterocycles. The lowest BCUT2D eigenvalue weighted by atomic mass is 10.2. The van der Waals surface area contributed by atoms with Crippen molar-refractivity contribution in [3.63, 3.8) is 0 Å². The molecule has 1 heterocycles. The van der Waals surface area contributed by atoms with Crippen molar-refractivity contribution in [3.05, 3.63) is 23.5 Å². The molecular weight excluding hydrogens is 198 g/mol. The molecule has 0 fully saturated rings. The predicted octanol–water partition coefficient (Wildman–Crippen LogP) is 2.27. The molecule has 0 amide bonds. The maximum absolute atomic E-state index is 5.95. The van der Waals surface area contributed by atoms with Gasteiger partial charge in [0.2, 0.25) is 0 Å². The van der Waals surface area contributed by atoms with Crippen LogP contribution in [0.4, 0.5) is 5.69 Å². The van der Waals surface area contributed by atoms with Crippen LogP contribution in [0.3, 0.4) is 0 Å². The van der Waals surface area contributed by atoms with E-state index in [9.17, 15) is 0 Å². The molecule has 3 N–H and O–H groups in total. The Hall–Kier alpha value is -0.800. The molecule has 0 bridgehead atoms. The molecule has 1 atom stereocenters. The van der Waals surface area contributed by atoms with Gasteiger partial charge in [-0.25, -0.2) is 0 Å². The number of halogens is 1. The molecule has 4 heteroatoms. The van der Waals surface area contributed by atoms with Crippen LogP contribution in [-0.4, -0.2) is 17.6 Å². The van der Waals surface area contributed by atoms with Crippen LogP contribution in [0.2, 0.25) is 5.02 Å². The Morgan fingerprint density at radius 3 is 3.07 bits per heavy atom. The van der Waals surface area contributed by atoms with Crippen LogP contribution < -0.4 is 11.1 Å². The molecule has 0 aliphatic heterocycles. The van der Waals surface area contributed by atoms with Crippen molar-refractivity contribution in [2.24, 2.45) is 5.73 Å². The van der Waals surface area contributed by atoms with Gasteiger partial charge in [-0.2, -0.15) is 0 Å². The van der Waals surface area contributed by atoms with E-state index in [1.54, 1.807) is 12.4 Å². The minimum absolute atomic E-state index is 0.387. The summed E-state index contributed by atoms with van der Waals surface area (Å²) >= 11 is 5.95. The molecule has 1 aromatic rings. The number of anilines is 1. The van der Waals surface area contributed by atoms with Crippen molar-refractivity contribution in [3.8, 4) is 0 Å². The second kappa shape index (κ2) is 5.83. The molecule has 78 valence electrons. The lowest BCUT2D eigenvalue weighted by Gasteiger charge is -2.15. The summed E-state index contributed by atoms with van der Waals surface area (Å²) in [4.78, 5) is 3.92. The van der Waals surface area contributed by atoms with Crippen LogP contribution in [0.1, 0.15) is 19.8 Å². The molecule has 3 nitrogen and oxygen atoms in total. The van der Waals surface area contributed by atoms with Crippen LogP contribution in [-0.2, 0) is 0 Å². The fourth-order valence-electron chi connectivity index (χ4n) is 1.25. The minimum Gasteiger partial charge on any atom is -0.381 e. The van der Waals surface area contributed by atoms with E-state index in [-0.39, 0.29) is 0 Å². The minimum atomic E-state index is 0.387. The summed E-state index contributed by atoms with van der Waals surface area (Å²) in [6.45, 7) is 2.85. The number of pyridine rings is 1. The fraction of sp³-hybridized carbons (Fsp3) is 0.500. The largest absolute Gasteiger partial charge is 0.381 e. The zero-order valence-electron chi connectivity index (χ0n) is 8.33. The van der Waals surface area contributed by atoms with E-state index in [2.05, 4.69) is 17.2 Å². The molecular formula is C10H16ClN3. The van der Waals surface area contributed by atoms with Gasteiger partial charge in [0.1, 0.15) is 0 Å². The highest BCUT2D eigenvalue weighted by Gasteiger charge is 2.03. The van der Waals surface area contributed by atoms with Gasteiger partial charge >= 0.3 is 0 Å². The number of rotatable bonds is 5. The molecule has 0 spiro atoms. The van der Waals surface area contributed by atoms with Crippen LogP contribution in [0.15, 0.2) is 18.5 Å². The second-order valence-corrected chi connectivity index (χ2v) is 3.74. The third-order valence-corrected chi connectivity index (χ3v) is 2.32. The number of hydrogen-bond acceptors (Lipinski definition) is 3. The van der Waals surface area contributed by atoms with Gasteiger partial charge < -0.3 is 11.1 Å². The second-order valence-electron chi connectivity index (χ2n) is 3.33. The molecule has 0 aromatic carbocycles. The summed E-state index contributed by atoms with van der Waals surface area (Å²) in [6.07, 6.45) is 5.44. The fourth-order valence-corrected chi connectivity index (χ4v) is 1.43. The van der Waals surface area contributed by atoms with Gasteiger partial charge in [-0.05, 0) is 32.4 Å². The van der Waals surface area contributed by atoms with Gasteiger partial charge in [0.15, 0.2) is 0 Å². The number of nitrogens with two attached hydrogens (primary N) is 1. The standard InChI is InChI=1S/C10H16ClN3/c1-8(3-2-5-12)14-10-4-6-13-7-9(10)11/h4,6-8H,2-3,5,12H2,1H3,(H,13,14). The highest BCUT2D eigenvalue weighted by molar-refractivity contribution is 6.33. The van der Waals surface area contributed by atoms with Crippen molar-refractivity contribution in [1.29, 1.82) is 0 Å². The van der Waals surface area contributed by atoms with E-state index in [0.29, 0.717) is 11.1 Å². The van der Waals surface area contributed by atoms with Crippen molar-refractivity contribution in [1.82, 2.24) is 4.98 Å². The Balaban J connectivity index is 2.47. The smallest absolute Gasteiger partial charge is 0.0820 e. The lowest BCUT2D eigenvalue weighted by Crippen LogP contribution is -2.16. The van der Waals surface area contributed by atoms with Gasteiger partial charge in [0, 0.05) is 18.4 Å². The molecule has 0 saturated carbocycles. The quantitative estimate of drug-likeness (QED) is 0.789. The molecule has 0 aliphatic rings. The molecule has 1 aromatic heterocycles. The van der Waals surface area contributed by atoms with E-state index in [1.165, 1.54) is 0 Å². The Morgan fingerprint density at radius 1 is 1.64 bits per heavy atom. The summed E-state index contributed by atoms with van der Waals surface area (Å²) in [7, 11) is 0. The lowest BCUT2D eigenvalue weighted by molar-refractivity contribution is 0.663. The van der Waals surface area contributed by atoms with Gasteiger partial charge in [-0.15, -0.1) is 0 Å². The van der Waals surface area contributed by atoms with E-state index in [0.717, 1.165) is 25.1 Å². The molecule has 0 radical (unpaired) electrons. The van der Waals surface area contributed by atoms with Crippen LogP contribution >= 0.6 is 11.6 Å². The van der Waals surface area contributed by atoms with Gasteiger partial charge in [-0.3, -0.25) is 4.98 Å². The predicted molar refractivity (Wildman–Crippen MR) is 60.6 cm³/mol. The summed E-state index contributed by atoms with van der Waals surface area (Å²) in [5, 5.41) is 3.98. The number of nitrogens with zero attached hydrogens (tertiary/aromatic N) is 1. The van der Waals surface area contributed by atoms with E-state index in [1.807, 2.05) is 6.07 Å². The molecule has 14 heavy (non-hydrogen) atoms.